The molecule has 0 saturated heterocycles. The molecule has 1 heterocycles. The van der Waals surface area contributed by atoms with Gasteiger partial charge in [-0.25, -0.2) is 14.2 Å². The standard InChI is InChI=1S/C13H14FN3OS/c1-9-7-15-12(19-9)16-13(18)17(2)8-10-4-3-5-11(14)6-10/h3-7H,8H2,1-2H3,(H,15,16,18). The van der Waals surface area contributed by atoms with Crippen LogP contribution in [0, 0.1) is 12.7 Å². The molecule has 0 aliphatic carbocycles. The van der Waals surface area contributed by atoms with E-state index in [-0.39, 0.29) is 11.8 Å². The molecule has 4 nitrogen and oxygen atoms in total. The van der Waals surface area contributed by atoms with E-state index < -0.39 is 0 Å². The van der Waals surface area contributed by atoms with Gasteiger partial charge in [0.2, 0.25) is 0 Å². The molecule has 0 fully saturated rings. The van der Waals surface area contributed by atoms with E-state index in [1.54, 1.807) is 25.4 Å². The average Bonchev–Trinajstić information content (AvgIpc) is 2.74. The van der Waals surface area contributed by atoms with Crippen LogP contribution in [0.4, 0.5) is 14.3 Å². The zero-order valence-corrected chi connectivity index (χ0v) is 11.5. The minimum absolute atomic E-state index is 0.265. The Morgan fingerprint density at radius 3 is 2.95 bits per heavy atom. The average molecular weight is 279 g/mol. The fourth-order valence-electron chi connectivity index (χ4n) is 1.58. The van der Waals surface area contributed by atoms with Gasteiger partial charge in [0, 0.05) is 24.7 Å². The normalized spacial score (nSPS) is 10.3. The molecule has 19 heavy (non-hydrogen) atoms. The second-order valence-corrected chi connectivity index (χ2v) is 5.43. The van der Waals surface area contributed by atoms with Crippen molar-refractivity contribution in [2.24, 2.45) is 0 Å². The third-order valence-corrected chi connectivity index (χ3v) is 3.32. The first-order chi connectivity index (χ1) is 9.04. The van der Waals surface area contributed by atoms with Crippen LogP contribution in [-0.4, -0.2) is 23.0 Å². The number of hydrogen-bond acceptors (Lipinski definition) is 3. The number of anilines is 1. The first-order valence-electron chi connectivity index (χ1n) is 5.73. The fourth-order valence-corrected chi connectivity index (χ4v) is 2.23. The Hall–Kier alpha value is -1.95. The molecule has 0 aliphatic heterocycles. The second-order valence-electron chi connectivity index (χ2n) is 4.19. The highest BCUT2D eigenvalue weighted by Gasteiger charge is 2.11. The molecule has 1 aromatic heterocycles. The van der Waals surface area contributed by atoms with Crippen molar-refractivity contribution in [2.75, 3.05) is 12.4 Å². The first-order valence-corrected chi connectivity index (χ1v) is 6.55. The van der Waals surface area contributed by atoms with Gasteiger partial charge in [-0.2, -0.15) is 0 Å². The van der Waals surface area contributed by atoms with Crippen LogP contribution in [0.2, 0.25) is 0 Å². The molecule has 0 aliphatic rings. The van der Waals surface area contributed by atoms with Gasteiger partial charge in [-0.1, -0.05) is 12.1 Å². The van der Waals surface area contributed by atoms with Gasteiger partial charge in [-0.05, 0) is 24.6 Å². The molecule has 0 radical (unpaired) electrons. The van der Waals surface area contributed by atoms with Gasteiger partial charge in [0.15, 0.2) is 5.13 Å². The van der Waals surface area contributed by atoms with E-state index >= 15 is 0 Å². The molecule has 100 valence electrons. The number of rotatable bonds is 3. The van der Waals surface area contributed by atoms with Crippen LogP contribution in [0.5, 0.6) is 0 Å². The Morgan fingerprint density at radius 2 is 2.32 bits per heavy atom. The Balaban J connectivity index is 1.96. The third-order valence-electron chi connectivity index (χ3n) is 2.49. The Labute approximate surface area is 114 Å². The minimum atomic E-state index is -0.304. The van der Waals surface area contributed by atoms with Crippen molar-refractivity contribution >= 4 is 22.5 Å². The topological polar surface area (TPSA) is 45.2 Å². The lowest BCUT2D eigenvalue weighted by Crippen LogP contribution is -2.30. The molecule has 0 saturated carbocycles. The summed E-state index contributed by atoms with van der Waals surface area (Å²) in [6.07, 6.45) is 1.70. The number of nitrogens with zero attached hydrogens (tertiary/aromatic N) is 2. The number of hydrogen-bond donors (Lipinski definition) is 1. The van der Waals surface area contributed by atoms with Crippen molar-refractivity contribution in [1.29, 1.82) is 0 Å². The van der Waals surface area contributed by atoms with Crippen LogP contribution in [0.3, 0.4) is 0 Å². The Bertz CT molecular complexity index is 585. The maximum atomic E-state index is 13.0. The SMILES string of the molecule is Cc1cnc(NC(=O)N(C)Cc2cccc(F)c2)s1. The maximum Gasteiger partial charge on any atom is 0.323 e. The van der Waals surface area contributed by atoms with Crippen molar-refractivity contribution < 1.29 is 9.18 Å². The molecule has 0 atom stereocenters. The highest BCUT2D eigenvalue weighted by atomic mass is 32.1. The van der Waals surface area contributed by atoms with E-state index in [1.807, 2.05) is 6.92 Å². The summed E-state index contributed by atoms with van der Waals surface area (Å²) in [5, 5.41) is 3.26. The molecule has 6 heteroatoms. The number of nitrogens with one attached hydrogen (secondary N) is 1. The monoisotopic (exact) mass is 279 g/mol. The minimum Gasteiger partial charge on any atom is -0.323 e. The fraction of sp³-hybridized carbons (Fsp3) is 0.231. The number of carbonyl (C=O) groups excluding carboxylic acids is 1. The van der Waals surface area contributed by atoms with Crippen molar-refractivity contribution in [3.63, 3.8) is 0 Å². The molecule has 2 amide bonds. The van der Waals surface area contributed by atoms with E-state index in [1.165, 1.54) is 28.4 Å². The van der Waals surface area contributed by atoms with Crippen LogP contribution < -0.4 is 5.32 Å². The van der Waals surface area contributed by atoms with Crippen LogP contribution in [-0.2, 0) is 6.54 Å². The van der Waals surface area contributed by atoms with Gasteiger partial charge in [0.1, 0.15) is 5.82 Å². The molecule has 0 bridgehead atoms. The number of benzene rings is 1. The van der Waals surface area contributed by atoms with Gasteiger partial charge in [-0.15, -0.1) is 11.3 Å². The number of amides is 2. The molecule has 1 aromatic carbocycles. The van der Waals surface area contributed by atoms with Crippen molar-refractivity contribution in [3.05, 3.63) is 46.7 Å². The van der Waals surface area contributed by atoms with Gasteiger partial charge in [-0.3, -0.25) is 5.32 Å². The molecular formula is C13H14FN3OS. The second kappa shape index (κ2) is 5.79. The Kier molecular flexibility index (Phi) is 4.11. The summed E-state index contributed by atoms with van der Waals surface area (Å²) in [5.41, 5.74) is 0.743. The van der Waals surface area contributed by atoms with Crippen LogP contribution in [0.25, 0.3) is 0 Å². The summed E-state index contributed by atoms with van der Waals surface area (Å²) in [4.78, 5) is 18.5. The van der Waals surface area contributed by atoms with Crippen molar-refractivity contribution in [2.45, 2.75) is 13.5 Å². The largest absolute Gasteiger partial charge is 0.323 e. The van der Waals surface area contributed by atoms with Crippen molar-refractivity contribution in [3.8, 4) is 0 Å². The summed E-state index contributed by atoms with van der Waals surface area (Å²) < 4.78 is 13.0. The van der Waals surface area contributed by atoms with E-state index in [9.17, 15) is 9.18 Å². The van der Waals surface area contributed by atoms with Crippen LogP contribution in [0.15, 0.2) is 30.5 Å². The molecular weight excluding hydrogens is 265 g/mol. The predicted octanol–water partition coefficient (Wildman–Crippen LogP) is 3.25. The van der Waals surface area contributed by atoms with E-state index in [0.717, 1.165) is 10.4 Å². The highest BCUT2D eigenvalue weighted by molar-refractivity contribution is 7.15. The summed E-state index contributed by atoms with van der Waals surface area (Å²) >= 11 is 1.41. The van der Waals surface area contributed by atoms with Crippen LogP contribution in [0.1, 0.15) is 10.4 Å². The maximum absolute atomic E-state index is 13.0. The number of aromatic nitrogens is 1. The lowest BCUT2D eigenvalue weighted by atomic mass is 10.2. The summed E-state index contributed by atoms with van der Waals surface area (Å²) in [6.45, 7) is 2.26. The predicted molar refractivity (Wildman–Crippen MR) is 73.7 cm³/mol. The zero-order valence-electron chi connectivity index (χ0n) is 10.7. The number of aryl methyl sites for hydroxylation is 1. The molecule has 2 rings (SSSR count). The molecule has 2 aromatic rings. The van der Waals surface area contributed by atoms with Gasteiger partial charge in [0.25, 0.3) is 0 Å². The first kappa shape index (κ1) is 13.5. The van der Waals surface area contributed by atoms with Gasteiger partial charge in [0.05, 0.1) is 0 Å². The summed E-state index contributed by atoms with van der Waals surface area (Å²) in [5.74, 6) is -0.304. The molecule has 1 N–H and O–H groups in total. The van der Waals surface area contributed by atoms with E-state index in [2.05, 4.69) is 10.3 Å². The smallest absolute Gasteiger partial charge is 0.323 e. The van der Waals surface area contributed by atoms with E-state index in [4.69, 9.17) is 0 Å². The number of carbonyl (C=O) groups is 1. The summed E-state index contributed by atoms with van der Waals surface area (Å²) in [7, 11) is 1.65. The number of thiazole rings is 1. The van der Waals surface area contributed by atoms with Crippen molar-refractivity contribution in [1.82, 2.24) is 9.88 Å². The summed E-state index contributed by atoms with van der Waals surface area (Å²) in [6, 6.07) is 5.93. The lowest BCUT2D eigenvalue weighted by Gasteiger charge is -2.17. The quantitative estimate of drug-likeness (QED) is 0.937. The Morgan fingerprint density at radius 1 is 1.53 bits per heavy atom. The van der Waals surface area contributed by atoms with Gasteiger partial charge >= 0.3 is 6.03 Å². The molecule has 0 unspecified atom stereocenters. The highest BCUT2D eigenvalue weighted by Crippen LogP contribution is 2.17. The number of urea groups is 1. The van der Waals surface area contributed by atoms with E-state index in [0.29, 0.717) is 11.7 Å². The van der Waals surface area contributed by atoms with Crippen LogP contribution >= 0.6 is 11.3 Å². The van der Waals surface area contributed by atoms with Gasteiger partial charge < -0.3 is 4.90 Å². The zero-order chi connectivity index (χ0) is 13.8. The lowest BCUT2D eigenvalue weighted by molar-refractivity contribution is 0.220. The molecule has 0 spiro atoms. The number of halogens is 1. The third kappa shape index (κ3) is 3.75.